The molecule has 179 valence electrons. The quantitative estimate of drug-likeness (QED) is 0.414. The van der Waals surface area contributed by atoms with E-state index in [9.17, 15) is 18.8 Å². The molecule has 2 saturated heterocycles. The van der Waals surface area contributed by atoms with Crippen LogP contribution in [0.4, 0.5) is 4.39 Å². The van der Waals surface area contributed by atoms with Gasteiger partial charge in [0.2, 0.25) is 11.8 Å². The minimum atomic E-state index is -1.26. The Morgan fingerprint density at radius 1 is 1.20 bits per heavy atom. The monoisotopic (exact) mass is 475 g/mol. The molecule has 35 heavy (non-hydrogen) atoms. The lowest BCUT2D eigenvalue weighted by Crippen LogP contribution is -2.47. The number of alkyl halides is 1. The van der Waals surface area contributed by atoms with Crippen molar-refractivity contribution in [3.05, 3.63) is 42.1 Å². The molecule has 0 aliphatic carbocycles. The van der Waals surface area contributed by atoms with E-state index in [0.29, 0.717) is 29.1 Å². The van der Waals surface area contributed by atoms with Crippen LogP contribution in [0.25, 0.3) is 22.0 Å². The van der Waals surface area contributed by atoms with E-state index >= 15 is 0 Å². The van der Waals surface area contributed by atoms with Crippen molar-refractivity contribution in [2.24, 2.45) is 0 Å². The maximum atomic E-state index is 14.2. The lowest BCUT2D eigenvalue weighted by atomic mass is 10.0. The van der Waals surface area contributed by atoms with Crippen molar-refractivity contribution in [1.82, 2.24) is 30.0 Å². The van der Waals surface area contributed by atoms with Crippen LogP contribution < -0.4 is 5.32 Å². The van der Waals surface area contributed by atoms with Crippen molar-refractivity contribution in [3.8, 4) is 11.1 Å². The number of hydrogen-bond donors (Lipinski definition) is 1. The number of halogens is 1. The van der Waals surface area contributed by atoms with Crippen LogP contribution in [-0.4, -0.2) is 74.8 Å². The summed E-state index contributed by atoms with van der Waals surface area (Å²) in [6, 6.07) is 4.61. The SMILES string of the molecule is CC(=O)c1nn(CC(=O)N2C[C@H](F)C[C@H]2C(=O)NCC2[B]C2)c2ccc(-c3cnc(C)nc3)cc12. The molecule has 1 radical (unpaired) electrons. The van der Waals surface area contributed by atoms with Gasteiger partial charge in [0.15, 0.2) is 5.78 Å². The zero-order valence-corrected chi connectivity index (χ0v) is 19.6. The summed E-state index contributed by atoms with van der Waals surface area (Å²) in [6.45, 7) is 3.38. The van der Waals surface area contributed by atoms with Crippen molar-refractivity contribution in [2.45, 2.75) is 51.2 Å². The highest BCUT2D eigenvalue weighted by Gasteiger charge is 2.40. The van der Waals surface area contributed by atoms with Crippen molar-refractivity contribution >= 4 is 35.8 Å². The molecule has 4 heterocycles. The summed E-state index contributed by atoms with van der Waals surface area (Å²) in [4.78, 5) is 47.9. The van der Waals surface area contributed by atoms with E-state index in [0.717, 1.165) is 17.4 Å². The van der Waals surface area contributed by atoms with Gasteiger partial charge in [0.25, 0.3) is 0 Å². The second kappa shape index (κ2) is 9.20. The second-order valence-electron chi connectivity index (χ2n) is 9.18. The number of aryl methyl sites for hydroxylation is 1. The fraction of sp³-hybridized carbons (Fsp3) is 0.417. The number of amides is 2. The van der Waals surface area contributed by atoms with E-state index in [1.165, 1.54) is 16.5 Å². The molecule has 2 aliphatic rings. The minimum absolute atomic E-state index is 0.0213. The molecule has 2 fully saturated rings. The highest BCUT2D eigenvalue weighted by molar-refractivity contribution is 6.51. The van der Waals surface area contributed by atoms with Gasteiger partial charge >= 0.3 is 0 Å². The van der Waals surface area contributed by atoms with Crippen molar-refractivity contribution < 1.29 is 18.8 Å². The number of benzene rings is 1. The fourth-order valence-electron chi connectivity index (χ4n) is 4.42. The van der Waals surface area contributed by atoms with Crippen LogP contribution >= 0.6 is 0 Å². The molecule has 1 unspecified atom stereocenters. The standard InChI is InChI=1S/C24H25BFN6O3/c1-13(33)23-19-5-15(16-8-27-14(2)28-9-16)3-4-20(19)32(30-23)12-22(34)31-11-18(26)6-21(31)24(35)29-10-17-7-25-17/h3-5,8-9,17-18,21H,6-7,10-12H2,1-2H3,(H,29,35)/t17?,18-,21+/m1/s1. The molecule has 1 aromatic carbocycles. The third kappa shape index (κ3) is 4.80. The molecule has 2 aliphatic heterocycles. The molecule has 2 amide bonds. The molecule has 11 heteroatoms. The number of likely N-dealkylation sites (tertiary alicyclic amines) is 1. The lowest BCUT2D eigenvalue weighted by molar-refractivity contribution is -0.139. The Labute approximate surface area is 202 Å². The molecule has 5 rings (SSSR count). The number of Topliss-reactive ketones (excluding diaryl/α,β-unsaturated/α-hetero) is 1. The summed E-state index contributed by atoms with van der Waals surface area (Å²) in [5, 5.41) is 7.82. The Bertz CT molecular complexity index is 1310. The first-order valence-electron chi connectivity index (χ1n) is 11.6. The molecule has 3 atom stereocenters. The van der Waals surface area contributed by atoms with Crippen LogP contribution in [0.2, 0.25) is 12.1 Å². The van der Waals surface area contributed by atoms with Crippen LogP contribution in [0, 0.1) is 6.92 Å². The Morgan fingerprint density at radius 3 is 2.63 bits per heavy atom. The average Bonchev–Trinajstić information content (AvgIpc) is 3.48. The van der Waals surface area contributed by atoms with Gasteiger partial charge in [-0.05, 0) is 24.6 Å². The summed E-state index contributed by atoms with van der Waals surface area (Å²) in [7, 11) is 2.09. The number of rotatable bonds is 7. The zero-order valence-electron chi connectivity index (χ0n) is 19.6. The second-order valence-corrected chi connectivity index (χ2v) is 9.18. The van der Waals surface area contributed by atoms with E-state index < -0.39 is 18.1 Å². The van der Waals surface area contributed by atoms with Crippen LogP contribution in [0.15, 0.2) is 30.6 Å². The van der Waals surface area contributed by atoms with E-state index in [2.05, 4.69) is 27.7 Å². The first kappa shape index (κ1) is 23.1. The molecular weight excluding hydrogens is 450 g/mol. The maximum absolute atomic E-state index is 14.2. The summed E-state index contributed by atoms with van der Waals surface area (Å²) in [6.07, 6.45) is 3.09. The molecule has 9 nitrogen and oxygen atoms in total. The predicted molar refractivity (Wildman–Crippen MR) is 128 cm³/mol. The maximum Gasteiger partial charge on any atom is 0.245 e. The molecule has 3 aromatic rings. The van der Waals surface area contributed by atoms with Gasteiger partial charge in [-0.15, -0.1) is 0 Å². The van der Waals surface area contributed by atoms with E-state index in [-0.39, 0.29) is 36.9 Å². The van der Waals surface area contributed by atoms with Crippen LogP contribution in [0.5, 0.6) is 0 Å². The molecule has 0 spiro atoms. The van der Waals surface area contributed by atoms with Crippen LogP contribution in [0.3, 0.4) is 0 Å². The van der Waals surface area contributed by atoms with Gasteiger partial charge in [0.05, 0.1) is 12.1 Å². The van der Waals surface area contributed by atoms with Gasteiger partial charge in [-0.2, -0.15) is 5.10 Å². The number of aromatic nitrogens is 4. The number of ketones is 1. The molecule has 2 aromatic heterocycles. The zero-order chi connectivity index (χ0) is 24.7. The van der Waals surface area contributed by atoms with Gasteiger partial charge in [0.1, 0.15) is 37.6 Å². The number of carbonyl (C=O) groups excluding carboxylic acids is 3. The third-order valence-corrected chi connectivity index (χ3v) is 6.46. The summed E-state index contributed by atoms with van der Waals surface area (Å²) >= 11 is 0. The van der Waals surface area contributed by atoms with Crippen LogP contribution in [0.1, 0.15) is 29.7 Å². The van der Waals surface area contributed by atoms with E-state index in [1.54, 1.807) is 25.4 Å². The largest absolute Gasteiger partial charge is 0.355 e. The Hall–Kier alpha value is -3.63. The van der Waals surface area contributed by atoms with Gasteiger partial charge in [-0.1, -0.05) is 18.2 Å². The lowest BCUT2D eigenvalue weighted by Gasteiger charge is -2.23. The van der Waals surface area contributed by atoms with Crippen molar-refractivity contribution in [2.75, 3.05) is 13.1 Å². The van der Waals surface area contributed by atoms with Crippen molar-refractivity contribution in [1.29, 1.82) is 0 Å². The molecule has 0 saturated carbocycles. The Balaban J connectivity index is 1.40. The Kier molecular flexibility index (Phi) is 6.08. The van der Waals surface area contributed by atoms with Crippen LogP contribution in [-0.2, 0) is 16.1 Å². The van der Waals surface area contributed by atoms with Gasteiger partial charge < -0.3 is 10.2 Å². The summed E-state index contributed by atoms with van der Waals surface area (Å²) in [5.41, 5.74) is 2.44. The number of fused-ring (bicyclic) bond motifs is 1. The van der Waals surface area contributed by atoms with Crippen molar-refractivity contribution in [3.63, 3.8) is 0 Å². The predicted octanol–water partition coefficient (Wildman–Crippen LogP) is 1.98. The van der Waals surface area contributed by atoms with E-state index in [4.69, 9.17) is 0 Å². The molecule has 0 bridgehead atoms. The van der Waals surface area contributed by atoms with Gasteiger partial charge in [0, 0.05) is 43.2 Å². The molecule has 1 N–H and O–H groups in total. The minimum Gasteiger partial charge on any atom is -0.355 e. The summed E-state index contributed by atoms with van der Waals surface area (Å²) < 4.78 is 15.7. The smallest absolute Gasteiger partial charge is 0.245 e. The molecular formula is C24H25BFN6O3. The van der Waals surface area contributed by atoms with Gasteiger partial charge in [-0.3, -0.25) is 19.1 Å². The first-order chi connectivity index (χ1) is 16.8. The normalized spacial score (nSPS) is 21.1. The van der Waals surface area contributed by atoms with Gasteiger partial charge in [-0.25, -0.2) is 14.4 Å². The highest BCUT2D eigenvalue weighted by atomic mass is 19.1. The van der Waals surface area contributed by atoms with E-state index in [1.807, 2.05) is 12.1 Å². The third-order valence-electron chi connectivity index (χ3n) is 6.46. The number of nitrogens with zero attached hydrogens (tertiary/aromatic N) is 5. The topological polar surface area (TPSA) is 110 Å². The highest BCUT2D eigenvalue weighted by Crippen LogP contribution is 2.28. The Morgan fingerprint density at radius 2 is 1.94 bits per heavy atom. The summed E-state index contributed by atoms with van der Waals surface area (Å²) in [5.74, 6) is 0.0262. The average molecular weight is 475 g/mol. The number of carbonyl (C=O) groups is 3. The fourth-order valence-corrected chi connectivity index (χ4v) is 4.42. The first-order valence-corrected chi connectivity index (χ1v) is 11.6. The number of hydrogen-bond acceptors (Lipinski definition) is 6. The number of nitrogens with one attached hydrogen (secondary N) is 1.